The number of amides is 2. The first-order valence-corrected chi connectivity index (χ1v) is 8.91. The van der Waals surface area contributed by atoms with Crippen LogP contribution >= 0.6 is 11.3 Å². The van der Waals surface area contributed by atoms with E-state index in [1.807, 2.05) is 23.1 Å². The number of nitrogens with one attached hydrogen (secondary N) is 1. The van der Waals surface area contributed by atoms with Crippen LogP contribution in [0.5, 0.6) is 0 Å². The normalized spacial score (nSPS) is 17.1. The number of hydrogen-bond acceptors (Lipinski definition) is 2. The molecule has 2 amide bonds. The van der Waals surface area contributed by atoms with Crippen molar-refractivity contribution >= 4 is 17.4 Å². The van der Waals surface area contributed by atoms with Crippen molar-refractivity contribution in [1.82, 2.24) is 10.2 Å². The molecule has 2 aromatic carbocycles. The van der Waals surface area contributed by atoms with Gasteiger partial charge in [0.1, 0.15) is 0 Å². The molecule has 0 bridgehead atoms. The zero-order valence-corrected chi connectivity index (χ0v) is 14.0. The van der Waals surface area contributed by atoms with E-state index in [9.17, 15) is 4.79 Å². The van der Waals surface area contributed by atoms with Crippen LogP contribution in [0, 0.1) is 0 Å². The molecule has 0 unspecified atom stereocenters. The number of hydrogen-bond donors (Lipinski definition) is 1. The van der Waals surface area contributed by atoms with Crippen LogP contribution in [-0.4, -0.2) is 17.5 Å². The summed E-state index contributed by atoms with van der Waals surface area (Å²) in [6.45, 7) is 1.34. The molecule has 1 N–H and O–H groups in total. The Morgan fingerprint density at radius 3 is 2.50 bits per heavy atom. The number of nitrogens with zero attached hydrogens (tertiary/aromatic N) is 1. The van der Waals surface area contributed by atoms with E-state index in [0.29, 0.717) is 13.1 Å². The fourth-order valence-electron chi connectivity index (χ4n) is 3.04. The van der Waals surface area contributed by atoms with E-state index in [-0.39, 0.29) is 12.1 Å². The third-order valence-corrected chi connectivity index (χ3v) is 5.24. The van der Waals surface area contributed by atoms with Gasteiger partial charge >= 0.3 is 6.03 Å². The van der Waals surface area contributed by atoms with E-state index in [2.05, 4.69) is 59.2 Å². The standard InChI is InChI=1S/C20H18N2OS/c23-20-21-18(16-5-2-1-3-6-16)14-22(20)13-15-8-10-17(11-9-15)19-7-4-12-24-19/h1-12,18H,13-14H2,(H,21,23)/t18-/m1/s1. The van der Waals surface area contributed by atoms with Gasteiger partial charge in [0.05, 0.1) is 6.04 Å². The van der Waals surface area contributed by atoms with Gasteiger partial charge in [0, 0.05) is 18.0 Å². The Balaban J connectivity index is 1.45. The summed E-state index contributed by atoms with van der Waals surface area (Å²) in [5.74, 6) is 0. The summed E-state index contributed by atoms with van der Waals surface area (Å²) in [6, 6.07) is 22.9. The summed E-state index contributed by atoms with van der Waals surface area (Å²) in [4.78, 5) is 15.4. The van der Waals surface area contributed by atoms with Crippen molar-refractivity contribution < 1.29 is 4.79 Å². The van der Waals surface area contributed by atoms with Crippen molar-refractivity contribution in [3.05, 3.63) is 83.2 Å². The highest BCUT2D eigenvalue weighted by molar-refractivity contribution is 7.13. The van der Waals surface area contributed by atoms with Crippen LogP contribution in [0.2, 0.25) is 0 Å². The highest BCUT2D eigenvalue weighted by Crippen LogP contribution is 2.26. The number of thiophene rings is 1. The molecule has 1 aliphatic heterocycles. The smallest absolute Gasteiger partial charge is 0.318 e. The maximum Gasteiger partial charge on any atom is 0.318 e. The zero-order valence-electron chi connectivity index (χ0n) is 13.2. The fourth-order valence-corrected chi connectivity index (χ4v) is 3.77. The van der Waals surface area contributed by atoms with E-state index in [0.717, 1.165) is 11.1 Å². The topological polar surface area (TPSA) is 32.3 Å². The average Bonchev–Trinajstić information content (AvgIpc) is 3.27. The number of benzene rings is 2. The van der Waals surface area contributed by atoms with E-state index >= 15 is 0 Å². The maximum atomic E-state index is 12.2. The number of urea groups is 1. The molecule has 0 spiro atoms. The molecule has 1 aliphatic rings. The molecule has 1 fully saturated rings. The Morgan fingerprint density at radius 2 is 1.79 bits per heavy atom. The highest BCUT2D eigenvalue weighted by atomic mass is 32.1. The SMILES string of the molecule is O=C1N[C@@H](c2ccccc2)CN1Cc1ccc(-c2cccs2)cc1. The molecule has 0 aliphatic carbocycles. The molecular formula is C20H18N2OS. The summed E-state index contributed by atoms with van der Waals surface area (Å²) < 4.78 is 0. The number of rotatable bonds is 4. The molecular weight excluding hydrogens is 316 g/mol. The monoisotopic (exact) mass is 334 g/mol. The van der Waals surface area contributed by atoms with Crippen LogP contribution < -0.4 is 5.32 Å². The molecule has 120 valence electrons. The third kappa shape index (κ3) is 3.05. The molecule has 2 heterocycles. The minimum atomic E-state index is 0.00573. The number of carbonyl (C=O) groups excluding carboxylic acids is 1. The van der Waals surface area contributed by atoms with Crippen LogP contribution in [-0.2, 0) is 6.54 Å². The van der Waals surface area contributed by atoms with Gasteiger partial charge in [0.25, 0.3) is 0 Å². The first kappa shape index (κ1) is 15.0. The van der Waals surface area contributed by atoms with Crippen LogP contribution in [0.15, 0.2) is 72.1 Å². The quantitative estimate of drug-likeness (QED) is 0.738. The average molecular weight is 334 g/mol. The lowest BCUT2D eigenvalue weighted by Gasteiger charge is -2.15. The molecule has 24 heavy (non-hydrogen) atoms. The van der Waals surface area contributed by atoms with Crippen molar-refractivity contribution in [2.45, 2.75) is 12.6 Å². The van der Waals surface area contributed by atoms with Crippen molar-refractivity contribution in [3.63, 3.8) is 0 Å². The predicted octanol–water partition coefficient (Wildman–Crippen LogP) is 4.68. The third-order valence-electron chi connectivity index (χ3n) is 4.32. The van der Waals surface area contributed by atoms with Gasteiger partial charge in [-0.15, -0.1) is 11.3 Å². The lowest BCUT2D eigenvalue weighted by Crippen LogP contribution is -2.27. The second-order valence-electron chi connectivity index (χ2n) is 5.97. The molecule has 1 saturated heterocycles. The van der Waals surface area contributed by atoms with Crippen molar-refractivity contribution in [1.29, 1.82) is 0 Å². The van der Waals surface area contributed by atoms with Crippen LogP contribution in [0.1, 0.15) is 17.2 Å². The summed E-state index contributed by atoms with van der Waals surface area (Å²) in [6.07, 6.45) is 0. The molecule has 4 heteroatoms. The highest BCUT2D eigenvalue weighted by Gasteiger charge is 2.29. The Kier molecular flexibility index (Phi) is 4.05. The second kappa shape index (κ2) is 6.49. The van der Waals surface area contributed by atoms with E-state index in [4.69, 9.17) is 0 Å². The largest absolute Gasteiger partial charge is 0.329 e. The van der Waals surface area contributed by atoms with E-state index < -0.39 is 0 Å². The van der Waals surface area contributed by atoms with Gasteiger partial charge in [0.2, 0.25) is 0 Å². The lowest BCUT2D eigenvalue weighted by molar-refractivity contribution is 0.215. The van der Waals surface area contributed by atoms with Crippen LogP contribution in [0.3, 0.4) is 0 Å². The summed E-state index contributed by atoms with van der Waals surface area (Å²) in [7, 11) is 0. The van der Waals surface area contributed by atoms with E-state index in [1.165, 1.54) is 10.4 Å². The predicted molar refractivity (Wildman–Crippen MR) is 97.9 cm³/mol. The van der Waals surface area contributed by atoms with Crippen molar-refractivity contribution in [2.24, 2.45) is 0 Å². The van der Waals surface area contributed by atoms with Gasteiger partial charge in [-0.3, -0.25) is 0 Å². The Labute approximate surface area is 145 Å². The van der Waals surface area contributed by atoms with Gasteiger partial charge in [-0.05, 0) is 28.1 Å². The van der Waals surface area contributed by atoms with Crippen LogP contribution in [0.25, 0.3) is 10.4 Å². The Hall–Kier alpha value is -2.59. The van der Waals surface area contributed by atoms with Gasteiger partial charge in [0.15, 0.2) is 0 Å². The van der Waals surface area contributed by atoms with Gasteiger partial charge in [-0.1, -0.05) is 60.7 Å². The molecule has 0 saturated carbocycles. The summed E-state index contributed by atoms with van der Waals surface area (Å²) in [5, 5.41) is 5.15. The Bertz CT molecular complexity index is 813. The zero-order chi connectivity index (χ0) is 16.4. The second-order valence-corrected chi connectivity index (χ2v) is 6.92. The van der Waals surface area contributed by atoms with Gasteiger partial charge in [-0.25, -0.2) is 4.79 Å². The maximum absolute atomic E-state index is 12.2. The number of carbonyl (C=O) groups is 1. The molecule has 1 aromatic heterocycles. The van der Waals surface area contributed by atoms with E-state index in [1.54, 1.807) is 11.3 Å². The molecule has 3 nitrogen and oxygen atoms in total. The van der Waals surface area contributed by atoms with Gasteiger partial charge in [-0.2, -0.15) is 0 Å². The van der Waals surface area contributed by atoms with Gasteiger partial charge < -0.3 is 10.2 Å². The summed E-state index contributed by atoms with van der Waals surface area (Å²) >= 11 is 1.74. The molecule has 1 atom stereocenters. The Morgan fingerprint density at radius 1 is 1.00 bits per heavy atom. The van der Waals surface area contributed by atoms with Crippen LogP contribution in [0.4, 0.5) is 4.79 Å². The fraction of sp³-hybridized carbons (Fsp3) is 0.150. The van der Waals surface area contributed by atoms with Crippen molar-refractivity contribution in [2.75, 3.05) is 6.54 Å². The summed E-state index contributed by atoms with van der Waals surface area (Å²) in [5.41, 5.74) is 3.53. The first-order chi connectivity index (χ1) is 11.8. The van der Waals surface area contributed by atoms with Crippen molar-refractivity contribution in [3.8, 4) is 10.4 Å². The first-order valence-electron chi connectivity index (χ1n) is 8.03. The lowest BCUT2D eigenvalue weighted by atomic mass is 10.1. The minimum absolute atomic E-state index is 0.00573. The molecule has 3 aromatic rings. The molecule has 0 radical (unpaired) electrons. The minimum Gasteiger partial charge on any atom is -0.329 e. The molecule has 4 rings (SSSR count).